The minimum absolute atomic E-state index is 0.0650. The maximum Gasteiger partial charge on any atom is 0.310 e. The number of benzene rings is 2. The lowest BCUT2D eigenvalue weighted by Crippen LogP contribution is -2.55. The van der Waals surface area contributed by atoms with Crippen molar-refractivity contribution < 1.29 is 18.3 Å². The Kier molecular flexibility index (Phi) is 3.35. The molecule has 0 amide bonds. The van der Waals surface area contributed by atoms with Gasteiger partial charge in [-0.05, 0) is 23.8 Å². The molecule has 130 valence electrons. The number of alkyl halides is 2. The Bertz CT molecular complexity index is 841. The van der Waals surface area contributed by atoms with Crippen LogP contribution in [0.15, 0.2) is 53.5 Å². The monoisotopic (exact) mass is 345 g/mol. The van der Waals surface area contributed by atoms with Crippen LogP contribution < -0.4 is 16.2 Å². The summed E-state index contributed by atoms with van der Waals surface area (Å²) in [6, 6.07) is 13.6. The Morgan fingerprint density at radius 3 is 2.60 bits per heavy atom. The topological polar surface area (TPSA) is 82.9 Å². The zero-order valence-electron chi connectivity index (χ0n) is 13.3. The number of halogens is 2. The smallest absolute Gasteiger partial charge is 0.310 e. The molecule has 4 N–H and O–H groups in total. The highest BCUT2D eigenvalue weighted by Gasteiger charge is 2.62. The molecule has 25 heavy (non-hydrogen) atoms. The van der Waals surface area contributed by atoms with Crippen molar-refractivity contribution in [1.29, 1.82) is 0 Å². The molecule has 0 fully saturated rings. The van der Waals surface area contributed by atoms with Gasteiger partial charge in [0, 0.05) is 17.7 Å². The molecule has 5 nitrogen and oxygen atoms in total. The number of ether oxygens (including phenoxy) is 2. The van der Waals surface area contributed by atoms with E-state index in [1.165, 1.54) is 6.07 Å². The number of nitrogen functional groups attached to an aromatic ring is 1. The number of nitrogens with two attached hydrogens (primary N) is 2. The van der Waals surface area contributed by atoms with E-state index in [2.05, 4.69) is 4.99 Å². The van der Waals surface area contributed by atoms with Crippen LogP contribution in [0, 0.1) is 0 Å². The molecule has 4 rings (SSSR count). The number of nitrogens with zero attached hydrogens (tertiary/aromatic N) is 1. The third-order valence-corrected chi connectivity index (χ3v) is 4.68. The first-order valence-electron chi connectivity index (χ1n) is 7.89. The molecule has 1 spiro atoms. The van der Waals surface area contributed by atoms with Crippen molar-refractivity contribution in [3.8, 4) is 5.75 Å². The van der Waals surface area contributed by atoms with Gasteiger partial charge in [0.1, 0.15) is 11.9 Å². The van der Waals surface area contributed by atoms with Crippen LogP contribution in [0.25, 0.3) is 0 Å². The summed E-state index contributed by atoms with van der Waals surface area (Å²) in [6.45, 7) is -0.835. The second kappa shape index (κ2) is 5.34. The van der Waals surface area contributed by atoms with Gasteiger partial charge in [-0.3, -0.25) is 0 Å². The van der Waals surface area contributed by atoms with Gasteiger partial charge in [-0.25, -0.2) is 4.99 Å². The molecule has 0 aliphatic carbocycles. The molecular formula is C18H17F2N3O2. The van der Waals surface area contributed by atoms with E-state index in [1.54, 1.807) is 12.1 Å². The number of fused-ring (bicyclic) bond motifs is 2. The van der Waals surface area contributed by atoms with Crippen LogP contribution in [-0.4, -0.2) is 18.6 Å². The maximum atomic E-state index is 15.0. The van der Waals surface area contributed by atoms with Gasteiger partial charge in [0.05, 0.1) is 0 Å². The molecule has 0 saturated carbocycles. The highest BCUT2D eigenvalue weighted by Crippen LogP contribution is 2.55. The molecule has 0 aromatic heterocycles. The zero-order valence-corrected chi connectivity index (χ0v) is 13.3. The van der Waals surface area contributed by atoms with Crippen LogP contribution in [0.4, 0.5) is 14.5 Å². The molecule has 2 heterocycles. The van der Waals surface area contributed by atoms with Gasteiger partial charge in [0.2, 0.25) is 0 Å². The van der Waals surface area contributed by atoms with Crippen molar-refractivity contribution in [2.75, 3.05) is 12.3 Å². The zero-order chi connectivity index (χ0) is 17.7. The SMILES string of the molecule is NC1=NC2(CC(c3ccccc3)Oc3ccc(N)cc32)C(F)(F)CO1. The van der Waals surface area contributed by atoms with Crippen LogP contribution in [-0.2, 0) is 10.3 Å². The van der Waals surface area contributed by atoms with Crippen LogP contribution in [0.2, 0.25) is 0 Å². The molecular weight excluding hydrogens is 328 g/mol. The number of aliphatic imine (C=N–C) groups is 1. The minimum Gasteiger partial charge on any atom is -0.485 e. The highest BCUT2D eigenvalue weighted by molar-refractivity contribution is 5.74. The fourth-order valence-electron chi connectivity index (χ4n) is 3.44. The predicted octanol–water partition coefficient (Wildman–Crippen LogP) is 2.97. The summed E-state index contributed by atoms with van der Waals surface area (Å²) in [7, 11) is 0. The number of hydrogen-bond donors (Lipinski definition) is 2. The Morgan fingerprint density at radius 2 is 1.84 bits per heavy atom. The second-order valence-corrected chi connectivity index (χ2v) is 6.28. The fraction of sp³-hybridized carbons (Fsp3) is 0.278. The van der Waals surface area contributed by atoms with Gasteiger partial charge in [0.15, 0.2) is 12.1 Å². The fourth-order valence-corrected chi connectivity index (χ4v) is 3.44. The summed E-state index contributed by atoms with van der Waals surface area (Å²) in [5.41, 5.74) is 11.0. The first-order chi connectivity index (χ1) is 11.9. The lowest BCUT2D eigenvalue weighted by Gasteiger charge is -2.45. The van der Waals surface area contributed by atoms with E-state index in [-0.39, 0.29) is 18.0 Å². The highest BCUT2D eigenvalue weighted by atomic mass is 19.3. The predicted molar refractivity (Wildman–Crippen MR) is 89.5 cm³/mol. The normalized spacial score (nSPS) is 27.0. The number of hydrogen-bond acceptors (Lipinski definition) is 5. The molecule has 0 bridgehead atoms. The van der Waals surface area contributed by atoms with E-state index < -0.39 is 24.2 Å². The molecule has 2 atom stereocenters. The Hall–Kier alpha value is -2.83. The van der Waals surface area contributed by atoms with E-state index in [9.17, 15) is 0 Å². The summed E-state index contributed by atoms with van der Waals surface area (Å²) in [5, 5.41) is 0. The number of anilines is 1. The molecule has 2 aliphatic rings. The lowest BCUT2D eigenvalue weighted by molar-refractivity contribution is -0.139. The number of amidine groups is 1. The van der Waals surface area contributed by atoms with E-state index >= 15 is 8.78 Å². The van der Waals surface area contributed by atoms with Crippen molar-refractivity contribution in [2.24, 2.45) is 10.7 Å². The summed E-state index contributed by atoms with van der Waals surface area (Å²) in [6.07, 6.45) is -0.650. The molecule has 0 saturated heterocycles. The van der Waals surface area contributed by atoms with Gasteiger partial charge in [-0.15, -0.1) is 0 Å². The second-order valence-electron chi connectivity index (χ2n) is 6.28. The van der Waals surface area contributed by atoms with Gasteiger partial charge in [0.25, 0.3) is 6.02 Å². The van der Waals surface area contributed by atoms with Crippen LogP contribution in [0.1, 0.15) is 23.7 Å². The largest absolute Gasteiger partial charge is 0.485 e. The van der Waals surface area contributed by atoms with Crippen molar-refractivity contribution in [3.05, 3.63) is 59.7 Å². The summed E-state index contributed by atoms with van der Waals surface area (Å²) in [4.78, 5) is 4.07. The van der Waals surface area contributed by atoms with Crippen LogP contribution in [0.3, 0.4) is 0 Å². The molecule has 2 aliphatic heterocycles. The average molecular weight is 345 g/mol. The van der Waals surface area contributed by atoms with Gasteiger partial charge < -0.3 is 20.9 Å². The number of rotatable bonds is 1. The Labute approximate surface area is 143 Å². The van der Waals surface area contributed by atoms with Crippen molar-refractivity contribution in [3.63, 3.8) is 0 Å². The third-order valence-electron chi connectivity index (χ3n) is 4.68. The van der Waals surface area contributed by atoms with Gasteiger partial charge >= 0.3 is 5.92 Å². The Balaban J connectivity index is 1.93. The van der Waals surface area contributed by atoms with E-state index in [1.807, 2.05) is 30.3 Å². The van der Waals surface area contributed by atoms with E-state index in [0.29, 0.717) is 11.4 Å². The molecule has 2 aromatic carbocycles. The molecule has 7 heteroatoms. The third kappa shape index (κ3) is 2.38. The van der Waals surface area contributed by atoms with Gasteiger partial charge in [-0.2, -0.15) is 8.78 Å². The minimum atomic E-state index is -3.25. The standard InChI is InChI=1S/C18H17F2N3O2/c19-18(20)10-24-16(22)23-17(18)9-15(11-4-2-1-3-5-11)25-14-7-6-12(21)8-13(14)17/h1-8,15H,9-10,21H2,(H2,22,23). The summed E-state index contributed by atoms with van der Waals surface area (Å²) < 4.78 is 40.9. The first-order valence-corrected chi connectivity index (χ1v) is 7.89. The summed E-state index contributed by atoms with van der Waals surface area (Å²) >= 11 is 0. The van der Waals surface area contributed by atoms with Gasteiger partial charge in [-0.1, -0.05) is 30.3 Å². The Morgan fingerprint density at radius 1 is 1.08 bits per heavy atom. The van der Waals surface area contributed by atoms with Crippen molar-refractivity contribution in [2.45, 2.75) is 24.0 Å². The average Bonchev–Trinajstić information content (AvgIpc) is 2.60. The quantitative estimate of drug-likeness (QED) is 0.779. The molecule has 2 aromatic rings. The maximum absolute atomic E-state index is 15.0. The summed E-state index contributed by atoms with van der Waals surface area (Å²) in [5.74, 6) is -2.93. The first kappa shape index (κ1) is 15.7. The molecule has 0 radical (unpaired) electrons. The molecule has 2 unspecified atom stereocenters. The van der Waals surface area contributed by atoms with Crippen molar-refractivity contribution in [1.82, 2.24) is 0 Å². The van der Waals surface area contributed by atoms with Crippen LogP contribution in [0.5, 0.6) is 5.75 Å². The van der Waals surface area contributed by atoms with Crippen molar-refractivity contribution >= 4 is 11.7 Å². The lowest BCUT2D eigenvalue weighted by atomic mass is 9.75. The van der Waals surface area contributed by atoms with E-state index in [4.69, 9.17) is 20.9 Å². The van der Waals surface area contributed by atoms with Crippen LogP contribution >= 0.6 is 0 Å². The van der Waals surface area contributed by atoms with E-state index in [0.717, 1.165) is 5.56 Å².